The number of nitrogens with zero attached hydrogens (tertiary/aromatic N) is 2. The molecule has 0 unspecified atom stereocenters. The second-order valence-electron chi connectivity index (χ2n) is 6.85. The first kappa shape index (κ1) is 15.5. The van der Waals surface area contributed by atoms with Crippen LogP contribution in [0.15, 0.2) is 48.0 Å². The van der Waals surface area contributed by atoms with E-state index < -0.39 is 0 Å². The van der Waals surface area contributed by atoms with E-state index in [-0.39, 0.29) is 41.4 Å². The molecule has 7 heteroatoms. The quantitative estimate of drug-likeness (QED) is 0.670. The number of benzene rings is 1. The number of hydrogen-bond donors (Lipinski definition) is 1. The first-order valence-corrected chi connectivity index (χ1v) is 9.38. The molecule has 2 fully saturated rings. The molecule has 1 aromatic carbocycles. The van der Waals surface area contributed by atoms with Gasteiger partial charge in [0.2, 0.25) is 11.8 Å². The van der Waals surface area contributed by atoms with E-state index in [2.05, 4.69) is 22.5 Å². The molecule has 4 atom stereocenters. The molecule has 5 rings (SSSR count). The van der Waals surface area contributed by atoms with Gasteiger partial charge < -0.3 is 0 Å². The number of nitrogens with one attached hydrogen (secondary N) is 1. The van der Waals surface area contributed by atoms with E-state index in [1.165, 1.54) is 16.2 Å². The van der Waals surface area contributed by atoms with Crippen molar-refractivity contribution in [2.45, 2.75) is 6.42 Å². The summed E-state index contributed by atoms with van der Waals surface area (Å²) in [6.07, 6.45) is 6.65. The molecule has 3 aliphatic rings. The van der Waals surface area contributed by atoms with Crippen LogP contribution in [0.3, 0.4) is 0 Å². The van der Waals surface area contributed by atoms with E-state index in [9.17, 15) is 14.4 Å². The number of fused-ring (bicyclic) bond motifs is 5. The van der Waals surface area contributed by atoms with Crippen molar-refractivity contribution in [3.8, 4) is 0 Å². The Hall–Kier alpha value is -2.80. The SMILES string of the molecule is O=C(Nc1nccs1)c1cccc(N2C(=O)[C@@H]3[C@@H](C2=O)[C@H]2C=C[C@H]3C2)c1. The molecule has 1 saturated heterocycles. The summed E-state index contributed by atoms with van der Waals surface area (Å²) in [5.74, 6) is -0.757. The highest BCUT2D eigenvalue weighted by Gasteiger charge is 2.59. The zero-order valence-electron chi connectivity index (χ0n) is 13.7. The lowest BCUT2D eigenvalue weighted by atomic mass is 9.85. The van der Waals surface area contributed by atoms with Crippen molar-refractivity contribution in [1.29, 1.82) is 0 Å². The third-order valence-electron chi connectivity index (χ3n) is 5.49. The summed E-state index contributed by atoms with van der Waals surface area (Å²) in [7, 11) is 0. The Morgan fingerprint density at radius 2 is 1.88 bits per heavy atom. The molecule has 3 amide bonds. The van der Waals surface area contributed by atoms with Crippen molar-refractivity contribution in [1.82, 2.24) is 4.98 Å². The number of carbonyl (C=O) groups is 3. The molecule has 0 radical (unpaired) electrons. The Bertz CT molecular complexity index is 923. The molecule has 1 N–H and O–H groups in total. The maximum atomic E-state index is 12.9. The summed E-state index contributed by atoms with van der Waals surface area (Å²) in [5, 5.41) is 4.99. The van der Waals surface area contributed by atoms with E-state index >= 15 is 0 Å². The van der Waals surface area contributed by atoms with Crippen LogP contribution in [-0.2, 0) is 9.59 Å². The lowest BCUT2D eigenvalue weighted by molar-refractivity contribution is -0.123. The van der Waals surface area contributed by atoms with E-state index in [0.29, 0.717) is 16.4 Å². The summed E-state index contributed by atoms with van der Waals surface area (Å²) in [6, 6.07) is 6.64. The smallest absolute Gasteiger partial charge is 0.257 e. The topological polar surface area (TPSA) is 79.4 Å². The molecular weight excluding hydrogens is 350 g/mol. The van der Waals surface area contributed by atoms with Crippen LogP contribution in [0.5, 0.6) is 0 Å². The predicted molar refractivity (Wildman–Crippen MR) is 96.7 cm³/mol. The van der Waals surface area contributed by atoms with Gasteiger partial charge in [-0.25, -0.2) is 9.88 Å². The number of aromatic nitrogens is 1. The van der Waals surface area contributed by atoms with Crippen LogP contribution in [-0.4, -0.2) is 22.7 Å². The fourth-order valence-corrected chi connectivity index (χ4v) is 4.92. The number of carbonyl (C=O) groups excluding carboxylic acids is 3. The van der Waals surface area contributed by atoms with Crippen molar-refractivity contribution in [3.63, 3.8) is 0 Å². The fourth-order valence-electron chi connectivity index (χ4n) is 4.40. The van der Waals surface area contributed by atoms with Gasteiger partial charge in [-0.1, -0.05) is 18.2 Å². The Morgan fingerprint density at radius 3 is 2.54 bits per heavy atom. The summed E-state index contributed by atoms with van der Waals surface area (Å²) in [4.78, 5) is 43.5. The van der Waals surface area contributed by atoms with Crippen LogP contribution in [0.2, 0.25) is 0 Å². The monoisotopic (exact) mass is 365 g/mol. The first-order valence-electron chi connectivity index (χ1n) is 8.50. The highest BCUT2D eigenvalue weighted by atomic mass is 32.1. The minimum absolute atomic E-state index is 0.144. The summed E-state index contributed by atoms with van der Waals surface area (Å²) < 4.78 is 0. The van der Waals surface area contributed by atoms with Gasteiger partial charge in [0.1, 0.15) is 0 Å². The van der Waals surface area contributed by atoms with Crippen molar-refractivity contribution >= 4 is 39.9 Å². The van der Waals surface area contributed by atoms with Crippen LogP contribution in [0, 0.1) is 23.7 Å². The van der Waals surface area contributed by atoms with Crippen molar-refractivity contribution in [2.24, 2.45) is 23.7 Å². The highest BCUT2D eigenvalue weighted by molar-refractivity contribution is 7.13. The van der Waals surface area contributed by atoms with Crippen LogP contribution < -0.4 is 10.2 Å². The number of thiazole rings is 1. The zero-order chi connectivity index (χ0) is 17.8. The molecule has 2 heterocycles. The van der Waals surface area contributed by atoms with Crippen LogP contribution >= 0.6 is 11.3 Å². The maximum absolute atomic E-state index is 12.9. The Labute approximate surface area is 153 Å². The summed E-state index contributed by atoms with van der Waals surface area (Å²) >= 11 is 1.33. The standard InChI is InChI=1S/C19H15N3O3S/c23-16(21-19-20-6-7-26-19)12-2-1-3-13(9-12)22-17(24)14-10-4-5-11(8-10)15(14)18(22)25/h1-7,9-11,14-15H,8H2,(H,20,21,23)/t10-,11-,14-,15-/m0/s1. The minimum atomic E-state index is -0.317. The largest absolute Gasteiger partial charge is 0.298 e. The molecule has 6 nitrogen and oxygen atoms in total. The van der Waals surface area contributed by atoms with Crippen LogP contribution in [0.1, 0.15) is 16.8 Å². The molecule has 26 heavy (non-hydrogen) atoms. The van der Waals surface area contributed by atoms with Gasteiger partial charge >= 0.3 is 0 Å². The molecule has 0 spiro atoms. The Balaban J connectivity index is 1.43. The van der Waals surface area contributed by atoms with E-state index in [1.807, 2.05) is 0 Å². The number of amides is 3. The molecule has 1 aliphatic heterocycles. The van der Waals surface area contributed by atoms with Gasteiger partial charge in [-0.3, -0.25) is 19.7 Å². The number of rotatable bonds is 3. The summed E-state index contributed by atoms with van der Waals surface area (Å²) in [6.45, 7) is 0. The third kappa shape index (κ3) is 2.17. The normalized spacial score (nSPS) is 28.7. The van der Waals surface area contributed by atoms with Gasteiger partial charge in [-0.2, -0.15) is 0 Å². The molecule has 130 valence electrons. The van der Waals surface area contributed by atoms with E-state index in [0.717, 1.165) is 6.42 Å². The van der Waals surface area contributed by atoms with E-state index in [4.69, 9.17) is 0 Å². The Kier molecular flexibility index (Phi) is 3.33. The van der Waals surface area contributed by atoms with Crippen molar-refractivity contribution in [3.05, 3.63) is 53.6 Å². The lowest BCUT2D eigenvalue weighted by Gasteiger charge is -2.18. The van der Waals surface area contributed by atoms with Gasteiger partial charge in [0.25, 0.3) is 5.91 Å². The number of anilines is 2. The predicted octanol–water partition coefficient (Wildman–Crippen LogP) is 2.71. The molecule has 2 aromatic rings. The number of hydrogen-bond acceptors (Lipinski definition) is 5. The van der Waals surface area contributed by atoms with Gasteiger partial charge in [0, 0.05) is 17.1 Å². The molecule has 1 aromatic heterocycles. The zero-order valence-corrected chi connectivity index (χ0v) is 14.5. The first-order chi connectivity index (χ1) is 12.6. The molecular formula is C19H15N3O3S. The van der Waals surface area contributed by atoms with Crippen molar-refractivity contribution < 1.29 is 14.4 Å². The molecule has 1 saturated carbocycles. The second-order valence-corrected chi connectivity index (χ2v) is 7.75. The fraction of sp³-hybridized carbons (Fsp3) is 0.263. The molecule has 2 bridgehead atoms. The summed E-state index contributed by atoms with van der Waals surface area (Å²) in [5.41, 5.74) is 0.844. The van der Waals surface area contributed by atoms with Gasteiger partial charge in [-0.15, -0.1) is 11.3 Å². The minimum Gasteiger partial charge on any atom is -0.298 e. The van der Waals surface area contributed by atoms with Crippen LogP contribution in [0.25, 0.3) is 0 Å². The maximum Gasteiger partial charge on any atom is 0.257 e. The third-order valence-corrected chi connectivity index (χ3v) is 6.18. The van der Waals surface area contributed by atoms with E-state index in [1.54, 1.807) is 35.8 Å². The highest BCUT2D eigenvalue weighted by Crippen LogP contribution is 2.53. The van der Waals surface area contributed by atoms with Crippen molar-refractivity contribution in [2.75, 3.05) is 10.2 Å². The average Bonchev–Trinajstić information content (AvgIpc) is 3.41. The van der Waals surface area contributed by atoms with Gasteiger partial charge in [-0.05, 0) is 36.5 Å². The van der Waals surface area contributed by atoms with Crippen LogP contribution in [0.4, 0.5) is 10.8 Å². The second kappa shape index (κ2) is 5.60. The van der Waals surface area contributed by atoms with Gasteiger partial charge in [0.15, 0.2) is 5.13 Å². The number of imide groups is 1. The number of allylic oxidation sites excluding steroid dienone is 2. The average molecular weight is 365 g/mol. The lowest BCUT2D eigenvalue weighted by Crippen LogP contribution is -2.33. The van der Waals surface area contributed by atoms with Gasteiger partial charge in [0.05, 0.1) is 17.5 Å². The Morgan fingerprint density at radius 1 is 1.15 bits per heavy atom. The molecule has 2 aliphatic carbocycles.